The van der Waals surface area contributed by atoms with Crippen molar-refractivity contribution < 1.29 is 8.83 Å². The zero-order valence-electron chi connectivity index (χ0n) is 58.7. The van der Waals surface area contributed by atoms with Crippen LogP contribution in [0.1, 0.15) is 18.6 Å². The van der Waals surface area contributed by atoms with Crippen LogP contribution in [-0.4, -0.2) is 32.5 Å². The third-order valence-corrected chi connectivity index (χ3v) is 22.5. The van der Waals surface area contributed by atoms with Gasteiger partial charge in [-0.2, -0.15) is 0 Å². The van der Waals surface area contributed by atoms with E-state index in [0.717, 1.165) is 156 Å². The molecule has 0 aliphatic heterocycles. The number of benzene rings is 16. The molecule has 0 radical (unpaired) electrons. The molecule has 0 bridgehead atoms. The van der Waals surface area contributed by atoms with Gasteiger partial charge in [0.15, 0.2) is 0 Å². The molecule has 0 unspecified atom stereocenters. The van der Waals surface area contributed by atoms with Gasteiger partial charge in [-0.15, -0.1) is 0 Å². The van der Waals surface area contributed by atoms with E-state index in [9.17, 15) is 0 Å². The smallest absolute Gasteiger partial charge is 0.220 e. The highest BCUT2D eigenvalue weighted by Gasteiger charge is 2.25. The van der Waals surface area contributed by atoms with Gasteiger partial charge in [0, 0.05) is 76.1 Å². The molecule has 0 atom stereocenters. The molecular formula is C100H66BrN7O2. The highest BCUT2D eigenvalue weighted by Crippen LogP contribution is 2.44. The van der Waals surface area contributed by atoms with Gasteiger partial charge in [-0.3, -0.25) is 17.9 Å². The Kier molecular flexibility index (Phi) is 15.1. The van der Waals surface area contributed by atoms with Crippen LogP contribution in [0.5, 0.6) is 0 Å². The van der Waals surface area contributed by atoms with E-state index in [-0.39, 0.29) is 7.43 Å². The fraction of sp³-hybridized carbons (Fsp3) is 0.0200. The first-order valence-corrected chi connectivity index (χ1v) is 37.6. The number of rotatable bonds is 7. The molecule has 0 saturated carbocycles. The predicted molar refractivity (Wildman–Crippen MR) is 459 cm³/mol. The van der Waals surface area contributed by atoms with Crippen molar-refractivity contribution in [2.45, 2.75) is 13.8 Å². The van der Waals surface area contributed by atoms with Crippen molar-refractivity contribution in [3.63, 3.8) is 0 Å². The molecular weight excluding hydrogens is 1410 g/mol. The average Bonchev–Trinajstić information content (AvgIpc) is 1.54. The van der Waals surface area contributed by atoms with Crippen molar-refractivity contribution in [1.82, 2.24) is 32.5 Å². The standard InChI is InChI=1S/C49H30N4O.C32H21N3.C18H11BrO.CH4/c1-2-12-33(13-3-1)52-43-20-7-8-21-44(43)53-45-22-11-16-35(47(45)50-49(52)53)32-26-29-42-40(30-32)37-14-4-6-19-41(37)51(42)34-27-24-31(25-28-34)36-17-10-18-39-38-15-5-9-23-46(38)54-48(36)39;1-2-10-24(11-3-1)34-28-14-6-7-15-29(28)35-30-16-8-13-26(31(30)33-32(34)35)23-18-17-22-19-21-9-4-5-12-25(21)27(22)20-23;19-13-10-8-12(9-11-13)14-5-3-6-16-15-4-1-2-7-17(15)20-18(14)16;/h1-30H;1-18,20H,19H2;1-11H;1H4. The first kappa shape index (κ1) is 64.3. The lowest BCUT2D eigenvalue weighted by molar-refractivity contribution is 0.669. The van der Waals surface area contributed by atoms with Crippen LogP contribution in [0.3, 0.4) is 0 Å². The zero-order valence-corrected chi connectivity index (χ0v) is 60.3. The maximum atomic E-state index is 6.38. The number of imidazole rings is 4. The number of nitrogens with zero attached hydrogens (tertiary/aromatic N) is 7. The topological polar surface area (TPSA) is 75.7 Å². The van der Waals surface area contributed by atoms with E-state index < -0.39 is 0 Å². The number of hydrogen-bond donors (Lipinski definition) is 0. The Bertz CT molecular complexity index is 7580. The van der Waals surface area contributed by atoms with E-state index in [1.807, 2.05) is 30.3 Å². The number of furan rings is 2. The first-order valence-electron chi connectivity index (χ1n) is 36.8. The fourth-order valence-corrected chi connectivity index (χ4v) is 17.3. The van der Waals surface area contributed by atoms with Crippen molar-refractivity contribution >= 4 is 137 Å². The fourth-order valence-electron chi connectivity index (χ4n) is 17.1. The van der Waals surface area contributed by atoms with Crippen molar-refractivity contribution in [1.29, 1.82) is 0 Å². The largest absolute Gasteiger partial charge is 0.455 e. The normalized spacial score (nSPS) is 11.9. The minimum atomic E-state index is 0. The molecule has 110 heavy (non-hydrogen) atoms. The van der Waals surface area contributed by atoms with Crippen LogP contribution in [0.2, 0.25) is 0 Å². The molecule has 1 aliphatic rings. The molecule has 0 spiro atoms. The number of halogens is 1. The van der Waals surface area contributed by atoms with E-state index in [4.69, 9.17) is 18.8 Å². The third-order valence-electron chi connectivity index (χ3n) is 22.0. The second kappa shape index (κ2) is 25.9. The number of fused-ring (bicyclic) bond motifs is 22. The third kappa shape index (κ3) is 10.2. The van der Waals surface area contributed by atoms with E-state index in [0.29, 0.717) is 0 Å². The molecule has 7 aromatic heterocycles. The summed E-state index contributed by atoms with van der Waals surface area (Å²) in [5.41, 5.74) is 32.9. The zero-order chi connectivity index (χ0) is 71.8. The lowest BCUT2D eigenvalue weighted by atomic mass is 9.98. The lowest BCUT2D eigenvalue weighted by Gasteiger charge is -2.10. The van der Waals surface area contributed by atoms with E-state index >= 15 is 0 Å². The summed E-state index contributed by atoms with van der Waals surface area (Å²) in [5, 5.41) is 7.04. The molecule has 24 rings (SSSR count). The average molecular weight is 1480 g/mol. The van der Waals surface area contributed by atoms with E-state index in [1.54, 1.807) is 0 Å². The monoisotopic (exact) mass is 1480 g/mol. The minimum absolute atomic E-state index is 0. The predicted octanol–water partition coefficient (Wildman–Crippen LogP) is 27.1. The van der Waals surface area contributed by atoms with Crippen molar-refractivity contribution in [3.05, 3.63) is 380 Å². The number of para-hydroxylation sites is 13. The Hall–Kier alpha value is -14.1. The Morgan fingerprint density at radius 2 is 0.645 bits per heavy atom. The van der Waals surface area contributed by atoms with Crippen LogP contribution in [0, 0.1) is 0 Å². The second-order valence-corrected chi connectivity index (χ2v) is 29.0. The molecule has 1 aliphatic carbocycles. The minimum Gasteiger partial charge on any atom is -0.455 e. The van der Waals surface area contributed by atoms with Crippen LogP contribution in [0.4, 0.5) is 0 Å². The SMILES string of the molecule is Brc1ccc(-c2cccc3c2oc2ccccc23)cc1.C.c1ccc(-n2c3ccccc3n3c4cccc(-c5ccc6c(c5)-c5ccccc5C6)c4nc23)cc1.c1ccc(-n2c3ccccc3n3c4cccc(-c5ccc6c(c5)c5ccccc5n6-c5ccc(-c6cccc7c6oc6ccccc67)cc5)c4nc23)cc1. The van der Waals surface area contributed by atoms with Gasteiger partial charge in [0.1, 0.15) is 22.3 Å². The molecule has 520 valence electrons. The van der Waals surface area contributed by atoms with Crippen LogP contribution in [0.25, 0.3) is 194 Å². The highest BCUT2D eigenvalue weighted by molar-refractivity contribution is 9.10. The summed E-state index contributed by atoms with van der Waals surface area (Å²) in [6, 6.07) is 129. The Morgan fingerprint density at radius 1 is 0.255 bits per heavy atom. The summed E-state index contributed by atoms with van der Waals surface area (Å²) in [7, 11) is 0. The van der Waals surface area contributed by atoms with Gasteiger partial charge in [0.2, 0.25) is 11.6 Å². The van der Waals surface area contributed by atoms with Gasteiger partial charge in [-0.1, -0.05) is 266 Å². The van der Waals surface area contributed by atoms with Crippen molar-refractivity contribution in [2.24, 2.45) is 0 Å². The summed E-state index contributed by atoms with van der Waals surface area (Å²) in [5.74, 6) is 1.84. The second-order valence-electron chi connectivity index (χ2n) is 28.1. The van der Waals surface area contributed by atoms with Crippen molar-refractivity contribution in [2.75, 3.05) is 0 Å². The van der Waals surface area contributed by atoms with Gasteiger partial charge >= 0.3 is 0 Å². The summed E-state index contributed by atoms with van der Waals surface area (Å²) >= 11 is 3.47. The van der Waals surface area contributed by atoms with Gasteiger partial charge in [-0.05, 0) is 172 Å². The molecule has 0 fully saturated rings. The molecule has 0 N–H and O–H groups in total. The Balaban J connectivity index is 0.000000117. The van der Waals surface area contributed by atoms with Crippen molar-refractivity contribution in [3.8, 4) is 72.7 Å². The highest BCUT2D eigenvalue weighted by atomic mass is 79.9. The van der Waals surface area contributed by atoms with Crippen LogP contribution >= 0.6 is 15.9 Å². The Morgan fingerprint density at radius 3 is 1.22 bits per heavy atom. The summed E-state index contributed by atoms with van der Waals surface area (Å²) < 4.78 is 25.0. The number of aromatic nitrogens is 7. The lowest BCUT2D eigenvalue weighted by Crippen LogP contribution is -1.94. The number of hydrogen-bond acceptors (Lipinski definition) is 4. The van der Waals surface area contributed by atoms with Crippen LogP contribution in [0.15, 0.2) is 377 Å². The van der Waals surface area contributed by atoms with Gasteiger partial charge < -0.3 is 13.4 Å². The summed E-state index contributed by atoms with van der Waals surface area (Å²) in [4.78, 5) is 10.6. The summed E-state index contributed by atoms with van der Waals surface area (Å²) in [6.07, 6.45) is 1.01. The van der Waals surface area contributed by atoms with E-state index in [2.05, 4.69) is 372 Å². The van der Waals surface area contributed by atoms with Crippen LogP contribution in [-0.2, 0) is 6.42 Å². The first-order chi connectivity index (χ1) is 54.0. The Labute approximate surface area is 640 Å². The molecule has 9 nitrogen and oxygen atoms in total. The molecule has 16 aromatic carbocycles. The molecule has 0 saturated heterocycles. The molecule has 23 aromatic rings. The molecule has 0 amide bonds. The van der Waals surface area contributed by atoms with E-state index in [1.165, 1.54) is 60.4 Å². The van der Waals surface area contributed by atoms with Gasteiger partial charge in [0.05, 0.1) is 55.2 Å². The van der Waals surface area contributed by atoms with Gasteiger partial charge in [0.25, 0.3) is 0 Å². The maximum absolute atomic E-state index is 6.38. The quantitative estimate of drug-likeness (QED) is 0.159. The molecule has 7 heterocycles. The molecule has 10 heteroatoms. The van der Waals surface area contributed by atoms with Crippen LogP contribution < -0.4 is 0 Å². The summed E-state index contributed by atoms with van der Waals surface area (Å²) in [6.45, 7) is 0. The maximum Gasteiger partial charge on any atom is 0.220 e. The van der Waals surface area contributed by atoms with Gasteiger partial charge in [-0.25, -0.2) is 9.97 Å².